The molecule has 1 aromatic rings. The van der Waals surface area contributed by atoms with Crippen LogP contribution < -0.4 is 17.1 Å². The Morgan fingerprint density at radius 1 is 0.917 bits per heavy atom. The fourth-order valence-electron chi connectivity index (χ4n) is 2.98. The van der Waals surface area contributed by atoms with Crippen LogP contribution in [0, 0.1) is 0 Å². The van der Waals surface area contributed by atoms with Gasteiger partial charge in [-0.25, -0.2) is 28.1 Å². The van der Waals surface area contributed by atoms with Crippen LogP contribution in [0.4, 0.5) is 0 Å². The summed E-state index contributed by atoms with van der Waals surface area (Å²) in [6, 6.07) is -1.44. The van der Waals surface area contributed by atoms with Gasteiger partial charge in [-0.3, -0.25) is 0 Å². The van der Waals surface area contributed by atoms with E-state index in [0.717, 1.165) is 13.7 Å². The lowest BCUT2D eigenvalue weighted by Gasteiger charge is -2.22. The molecule has 0 aromatic carbocycles. The van der Waals surface area contributed by atoms with Crippen LogP contribution in [0.25, 0.3) is 0 Å². The smallest absolute Gasteiger partial charge is 0.337 e. The van der Waals surface area contributed by atoms with Crippen molar-refractivity contribution in [3.63, 3.8) is 0 Å². The Balaban J connectivity index is 2.23. The molecule has 2 aliphatic heterocycles. The molecule has 9 nitrogen and oxygen atoms in total. The van der Waals surface area contributed by atoms with Crippen molar-refractivity contribution in [3.05, 3.63) is 31.5 Å². The van der Waals surface area contributed by atoms with Gasteiger partial charge in [0.25, 0.3) is 0 Å². The third kappa shape index (κ3) is 2.87. The number of hydrogen-bond acceptors (Lipinski definition) is 6. The molecule has 0 saturated carbocycles. The van der Waals surface area contributed by atoms with E-state index in [-0.39, 0.29) is 25.2 Å². The Morgan fingerprint density at radius 2 is 1.29 bits per heavy atom. The average Bonchev–Trinajstić information content (AvgIpc) is 3.40. The van der Waals surface area contributed by atoms with E-state index in [9.17, 15) is 14.4 Å². The molecule has 1 N–H and O–H groups in total. The van der Waals surface area contributed by atoms with Gasteiger partial charge in [0.1, 0.15) is 12.2 Å². The highest BCUT2D eigenvalue weighted by atomic mass is 16.6. The number of hydrogen-bond donors (Lipinski definition) is 1. The predicted octanol–water partition coefficient (Wildman–Crippen LogP) is -0.965. The lowest BCUT2D eigenvalue weighted by atomic mass is 10.2. The van der Waals surface area contributed by atoms with Gasteiger partial charge >= 0.3 is 17.1 Å². The van der Waals surface area contributed by atoms with Gasteiger partial charge in [-0.15, -0.1) is 0 Å². The van der Waals surface area contributed by atoms with E-state index in [0.29, 0.717) is 13.2 Å². The Bertz CT molecular complexity index is 730. The molecule has 9 heteroatoms. The van der Waals surface area contributed by atoms with Crippen molar-refractivity contribution >= 4 is 0 Å². The largest absolute Gasteiger partial charge is 0.396 e. The quantitative estimate of drug-likeness (QED) is 0.639. The van der Waals surface area contributed by atoms with Crippen molar-refractivity contribution in [1.29, 1.82) is 0 Å². The minimum Gasteiger partial charge on any atom is -0.396 e. The molecule has 2 saturated heterocycles. The molecular formula is C15H23N3O6. The zero-order valence-electron chi connectivity index (χ0n) is 14.0. The normalized spacial score (nSPS) is 26.0. The minimum absolute atomic E-state index is 0.158. The Kier molecular flexibility index (Phi) is 4.50. The monoisotopic (exact) mass is 341 g/mol. The maximum absolute atomic E-state index is 12.8. The van der Waals surface area contributed by atoms with Gasteiger partial charge in [0.2, 0.25) is 0 Å². The van der Waals surface area contributed by atoms with Crippen LogP contribution >= 0.6 is 0 Å². The van der Waals surface area contributed by atoms with Gasteiger partial charge in [-0.05, 0) is 27.2 Å². The molecule has 2 aliphatic rings. The maximum Gasteiger partial charge on any atom is 0.337 e. The third-order valence-corrected chi connectivity index (χ3v) is 4.83. The second-order valence-electron chi connectivity index (χ2n) is 6.54. The van der Waals surface area contributed by atoms with Gasteiger partial charge in [-0.2, -0.15) is 0 Å². The van der Waals surface area contributed by atoms with E-state index in [1.165, 1.54) is 0 Å². The highest BCUT2D eigenvalue weighted by Gasteiger charge is 2.37. The van der Waals surface area contributed by atoms with Gasteiger partial charge < -0.3 is 14.6 Å². The van der Waals surface area contributed by atoms with Crippen LogP contribution in [-0.4, -0.2) is 50.8 Å². The first-order valence-electron chi connectivity index (χ1n) is 8.22. The summed E-state index contributed by atoms with van der Waals surface area (Å²) in [5.74, 6) is 0. The summed E-state index contributed by atoms with van der Waals surface area (Å²) in [7, 11) is 0. The lowest BCUT2D eigenvalue weighted by molar-refractivity contribution is 0.242. The first kappa shape index (κ1) is 17.1. The van der Waals surface area contributed by atoms with Crippen molar-refractivity contribution < 1.29 is 14.6 Å². The van der Waals surface area contributed by atoms with Gasteiger partial charge in [0, 0.05) is 12.6 Å². The van der Waals surface area contributed by atoms with Crippen molar-refractivity contribution in [2.24, 2.45) is 0 Å². The molecule has 0 spiro atoms. The van der Waals surface area contributed by atoms with Gasteiger partial charge in [-0.1, -0.05) is 0 Å². The highest BCUT2D eigenvalue weighted by molar-refractivity contribution is 4.93. The van der Waals surface area contributed by atoms with Crippen molar-refractivity contribution in [3.8, 4) is 0 Å². The molecule has 2 fully saturated rings. The van der Waals surface area contributed by atoms with E-state index < -0.39 is 35.2 Å². The molecule has 0 bridgehead atoms. The molecule has 1 aromatic heterocycles. The van der Waals surface area contributed by atoms with Gasteiger partial charge in [0.15, 0.2) is 0 Å². The summed E-state index contributed by atoms with van der Waals surface area (Å²) in [5.41, 5.74) is -1.95. The highest BCUT2D eigenvalue weighted by Crippen LogP contribution is 2.24. The zero-order valence-corrected chi connectivity index (χ0v) is 14.0. The summed E-state index contributed by atoms with van der Waals surface area (Å²) in [4.78, 5) is 38.5. The van der Waals surface area contributed by atoms with Crippen LogP contribution in [0.1, 0.15) is 45.3 Å². The fraction of sp³-hybridized carbons (Fsp3) is 0.800. The number of aliphatic hydroxyl groups is 1. The Morgan fingerprint density at radius 3 is 1.62 bits per heavy atom. The van der Waals surface area contributed by atoms with Crippen LogP contribution in [0.15, 0.2) is 14.4 Å². The predicted molar refractivity (Wildman–Crippen MR) is 84.5 cm³/mol. The van der Waals surface area contributed by atoms with Crippen LogP contribution in [0.2, 0.25) is 0 Å². The molecule has 3 heterocycles. The van der Waals surface area contributed by atoms with Crippen molar-refractivity contribution in [2.75, 3.05) is 19.8 Å². The Labute approximate surface area is 138 Å². The Hall–Kier alpha value is -1.71. The first-order valence-corrected chi connectivity index (χ1v) is 8.22. The third-order valence-electron chi connectivity index (χ3n) is 4.83. The molecule has 134 valence electrons. The summed E-state index contributed by atoms with van der Waals surface area (Å²) in [6.45, 7) is 5.95. The number of ether oxygens (including phenoxy) is 2. The molecule has 3 rings (SSSR count). The van der Waals surface area contributed by atoms with Crippen molar-refractivity contribution in [2.45, 2.75) is 57.5 Å². The lowest BCUT2D eigenvalue weighted by Crippen LogP contribution is -2.57. The number of aromatic nitrogens is 3. The second kappa shape index (κ2) is 6.30. The van der Waals surface area contributed by atoms with Crippen molar-refractivity contribution in [1.82, 2.24) is 13.7 Å². The van der Waals surface area contributed by atoms with E-state index in [2.05, 4.69) is 0 Å². The number of rotatable bonds is 7. The van der Waals surface area contributed by atoms with E-state index in [4.69, 9.17) is 14.6 Å². The summed E-state index contributed by atoms with van der Waals surface area (Å²) in [6.07, 6.45) is -0.151. The molecule has 0 amide bonds. The number of nitrogens with zero attached hydrogens (tertiary/aromatic N) is 3. The summed E-state index contributed by atoms with van der Waals surface area (Å²) in [5, 5.41) is 9.16. The van der Waals surface area contributed by atoms with Crippen LogP contribution in [0.3, 0.4) is 0 Å². The second-order valence-corrected chi connectivity index (χ2v) is 6.54. The van der Waals surface area contributed by atoms with Crippen LogP contribution in [0.5, 0.6) is 0 Å². The molecule has 0 aliphatic carbocycles. The molecule has 0 radical (unpaired) electrons. The molecule has 5 atom stereocenters. The summed E-state index contributed by atoms with van der Waals surface area (Å²) < 4.78 is 13.7. The standard InChI is InChI=1S/C15H23N3O6/c1-8(4-5-19)16-13(20)17(9(2)11-6-23-11)15(22)18(14(16)21)10(3)12-7-24-12/h8-12,19H,4-7H2,1-3H3. The van der Waals surface area contributed by atoms with Crippen LogP contribution in [-0.2, 0) is 9.47 Å². The van der Waals surface area contributed by atoms with E-state index in [1.807, 2.05) is 0 Å². The average molecular weight is 341 g/mol. The first-order chi connectivity index (χ1) is 11.4. The number of aliphatic hydroxyl groups excluding tert-OH is 1. The zero-order chi connectivity index (χ0) is 17.6. The minimum atomic E-state index is -0.658. The molecule has 24 heavy (non-hydrogen) atoms. The number of epoxide rings is 2. The maximum atomic E-state index is 12.8. The van der Waals surface area contributed by atoms with E-state index >= 15 is 0 Å². The fourth-order valence-corrected chi connectivity index (χ4v) is 2.98. The molecule has 5 unspecified atom stereocenters. The topological polar surface area (TPSA) is 111 Å². The van der Waals surface area contributed by atoms with Gasteiger partial charge in [0.05, 0.1) is 25.3 Å². The van der Waals surface area contributed by atoms with E-state index in [1.54, 1.807) is 20.8 Å². The summed E-state index contributed by atoms with van der Waals surface area (Å²) >= 11 is 0. The molecular weight excluding hydrogens is 318 g/mol. The SMILES string of the molecule is CC(CCO)n1c(=O)n(C(C)C2CO2)c(=O)n(C(C)C2CO2)c1=O.